The van der Waals surface area contributed by atoms with Crippen LogP contribution in [0.1, 0.15) is 36.6 Å². The van der Waals surface area contributed by atoms with E-state index in [2.05, 4.69) is 20.9 Å². The molecule has 0 spiro atoms. The standard InChI is InChI=1S/C26H25BrN2O5S/c1-6-34-25(31)22-15(3)28-26-29(23(22)17-9-7-14(2)20(13-17)33-5)24(30)21(35-26)12-16-8-10-19(32-4)18(27)11-16/h7-13,23H,6H2,1-5H3/b21-12+/t23-/m1/s1. The molecule has 0 bridgehead atoms. The van der Waals surface area contributed by atoms with Crippen molar-refractivity contribution in [3.05, 3.63) is 88.5 Å². The van der Waals surface area contributed by atoms with Crippen LogP contribution in [-0.2, 0) is 9.53 Å². The molecule has 0 saturated carbocycles. The fourth-order valence-electron chi connectivity index (χ4n) is 4.04. The van der Waals surface area contributed by atoms with Gasteiger partial charge < -0.3 is 14.2 Å². The Morgan fingerprint density at radius 2 is 1.89 bits per heavy atom. The molecule has 9 heteroatoms. The van der Waals surface area contributed by atoms with Gasteiger partial charge in [-0.15, -0.1) is 0 Å². The minimum atomic E-state index is -0.690. The summed E-state index contributed by atoms with van der Waals surface area (Å²) in [5, 5.41) is 0. The van der Waals surface area contributed by atoms with Gasteiger partial charge in [0.25, 0.3) is 5.56 Å². The molecule has 1 atom stereocenters. The summed E-state index contributed by atoms with van der Waals surface area (Å²) in [5.74, 6) is 0.879. The molecule has 1 aliphatic rings. The van der Waals surface area contributed by atoms with Crippen LogP contribution in [0.15, 0.2) is 61.9 Å². The van der Waals surface area contributed by atoms with Gasteiger partial charge >= 0.3 is 5.97 Å². The normalized spacial score (nSPS) is 15.5. The van der Waals surface area contributed by atoms with E-state index in [9.17, 15) is 9.59 Å². The van der Waals surface area contributed by atoms with Crippen LogP contribution in [0.3, 0.4) is 0 Å². The lowest BCUT2D eigenvalue weighted by molar-refractivity contribution is -0.139. The first kappa shape index (κ1) is 24.9. The highest BCUT2D eigenvalue weighted by Crippen LogP contribution is 2.33. The Labute approximate surface area is 215 Å². The van der Waals surface area contributed by atoms with Gasteiger partial charge in [-0.2, -0.15) is 0 Å². The van der Waals surface area contributed by atoms with E-state index in [4.69, 9.17) is 14.2 Å². The lowest BCUT2D eigenvalue weighted by Gasteiger charge is -2.25. The van der Waals surface area contributed by atoms with Crippen LogP contribution in [-0.4, -0.2) is 31.4 Å². The van der Waals surface area contributed by atoms with Crippen molar-refractivity contribution in [3.63, 3.8) is 0 Å². The lowest BCUT2D eigenvalue weighted by atomic mass is 9.95. The number of allylic oxidation sites excluding steroid dienone is 1. The molecule has 4 rings (SSSR count). The number of halogens is 1. The average molecular weight is 557 g/mol. The van der Waals surface area contributed by atoms with Crippen molar-refractivity contribution >= 4 is 39.3 Å². The van der Waals surface area contributed by atoms with Gasteiger partial charge in [-0.05, 0) is 77.7 Å². The van der Waals surface area contributed by atoms with Gasteiger partial charge in [0.1, 0.15) is 11.5 Å². The molecule has 0 unspecified atom stereocenters. The number of hydrogen-bond donors (Lipinski definition) is 0. The van der Waals surface area contributed by atoms with Gasteiger partial charge in [-0.25, -0.2) is 9.79 Å². The van der Waals surface area contributed by atoms with E-state index in [1.54, 1.807) is 32.6 Å². The maximum absolute atomic E-state index is 13.7. The first-order chi connectivity index (χ1) is 16.8. The first-order valence-corrected chi connectivity index (χ1v) is 12.6. The van der Waals surface area contributed by atoms with Crippen molar-refractivity contribution in [2.45, 2.75) is 26.8 Å². The fraction of sp³-hybridized carbons (Fsp3) is 0.269. The molecule has 0 radical (unpaired) electrons. The third-order valence-corrected chi connectivity index (χ3v) is 7.34. The van der Waals surface area contributed by atoms with Crippen molar-refractivity contribution in [3.8, 4) is 11.5 Å². The van der Waals surface area contributed by atoms with Gasteiger partial charge in [0.05, 0.1) is 47.1 Å². The van der Waals surface area contributed by atoms with Crippen LogP contribution in [0.25, 0.3) is 6.08 Å². The van der Waals surface area contributed by atoms with E-state index in [1.807, 2.05) is 49.4 Å². The molecule has 1 aromatic heterocycles. The quantitative estimate of drug-likeness (QED) is 0.430. The smallest absolute Gasteiger partial charge is 0.338 e. The third-order valence-electron chi connectivity index (χ3n) is 5.74. The zero-order valence-corrected chi connectivity index (χ0v) is 22.5. The number of hydrogen-bond acceptors (Lipinski definition) is 7. The van der Waals surface area contributed by atoms with E-state index in [-0.39, 0.29) is 12.2 Å². The van der Waals surface area contributed by atoms with Crippen LogP contribution in [0.4, 0.5) is 0 Å². The van der Waals surface area contributed by atoms with Crippen molar-refractivity contribution in [1.82, 2.24) is 4.57 Å². The number of ether oxygens (including phenoxy) is 3. The van der Waals surface area contributed by atoms with Crippen molar-refractivity contribution < 1.29 is 19.0 Å². The second-order valence-corrected chi connectivity index (χ2v) is 9.79. The summed E-state index contributed by atoms with van der Waals surface area (Å²) in [6.07, 6.45) is 1.81. The predicted molar refractivity (Wildman–Crippen MR) is 139 cm³/mol. The molecule has 0 fully saturated rings. The Morgan fingerprint density at radius 1 is 1.14 bits per heavy atom. The monoisotopic (exact) mass is 556 g/mol. The molecule has 0 amide bonds. The van der Waals surface area contributed by atoms with Crippen LogP contribution >= 0.6 is 27.3 Å². The Balaban J connectivity index is 1.95. The number of carbonyl (C=O) groups excluding carboxylic acids is 1. The van der Waals surface area contributed by atoms with E-state index in [0.29, 0.717) is 32.1 Å². The largest absolute Gasteiger partial charge is 0.496 e. The third kappa shape index (κ3) is 4.70. The predicted octanol–water partition coefficient (Wildman–Crippen LogP) is 3.89. The summed E-state index contributed by atoms with van der Waals surface area (Å²) in [7, 11) is 3.19. The van der Waals surface area contributed by atoms with Gasteiger partial charge in [0, 0.05) is 0 Å². The zero-order chi connectivity index (χ0) is 25.3. The highest BCUT2D eigenvalue weighted by molar-refractivity contribution is 9.10. The Hall–Kier alpha value is -3.17. The van der Waals surface area contributed by atoms with Gasteiger partial charge in [-0.3, -0.25) is 9.36 Å². The maximum atomic E-state index is 13.7. The number of rotatable bonds is 6. The fourth-order valence-corrected chi connectivity index (χ4v) is 5.64. The lowest BCUT2D eigenvalue weighted by Crippen LogP contribution is -2.40. The number of carbonyl (C=O) groups is 1. The van der Waals surface area contributed by atoms with Crippen LogP contribution in [0.2, 0.25) is 0 Å². The van der Waals surface area contributed by atoms with Crippen molar-refractivity contribution in [2.24, 2.45) is 4.99 Å². The number of esters is 1. The number of benzene rings is 2. The Kier molecular flexibility index (Phi) is 7.28. The second kappa shape index (κ2) is 10.2. The number of aryl methyl sites for hydroxylation is 1. The Morgan fingerprint density at radius 3 is 2.54 bits per heavy atom. The molecular formula is C26H25BrN2O5S. The Bertz CT molecular complexity index is 1520. The van der Waals surface area contributed by atoms with Crippen LogP contribution in [0, 0.1) is 6.92 Å². The molecule has 35 heavy (non-hydrogen) atoms. The average Bonchev–Trinajstić information content (AvgIpc) is 3.13. The molecule has 3 aromatic rings. The van der Waals surface area contributed by atoms with E-state index in [1.165, 1.54) is 11.3 Å². The summed E-state index contributed by atoms with van der Waals surface area (Å²) in [6, 6.07) is 10.6. The first-order valence-electron chi connectivity index (χ1n) is 11.0. The minimum Gasteiger partial charge on any atom is -0.496 e. The summed E-state index contributed by atoms with van der Waals surface area (Å²) in [4.78, 5) is 31.9. The summed E-state index contributed by atoms with van der Waals surface area (Å²) in [6.45, 7) is 5.67. The van der Waals surface area contributed by atoms with Gasteiger partial charge in [-0.1, -0.05) is 29.5 Å². The highest BCUT2D eigenvalue weighted by Gasteiger charge is 2.33. The number of methoxy groups -OCH3 is 2. The molecule has 0 saturated heterocycles. The summed E-state index contributed by atoms with van der Waals surface area (Å²) < 4.78 is 19.0. The second-order valence-electron chi connectivity index (χ2n) is 7.93. The van der Waals surface area contributed by atoms with E-state index < -0.39 is 12.0 Å². The number of aromatic nitrogens is 1. The van der Waals surface area contributed by atoms with Crippen molar-refractivity contribution in [1.29, 1.82) is 0 Å². The molecule has 2 aromatic carbocycles. The minimum absolute atomic E-state index is 0.219. The molecule has 0 aliphatic carbocycles. The molecule has 182 valence electrons. The van der Waals surface area contributed by atoms with E-state index in [0.717, 1.165) is 21.2 Å². The van der Waals surface area contributed by atoms with Crippen LogP contribution < -0.4 is 24.4 Å². The van der Waals surface area contributed by atoms with E-state index >= 15 is 0 Å². The maximum Gasteiger partial charge on any atom is 0.338 e. The molecule has 7 nitrogen and oxygen atoms in total. The molecule has 0 N–H and O–H groups in total. The highest BCUT2D eigenvalue weighted by atomic mass is 79.9. The molecule has 1 aliphatic heterocycles. The molecule has 2 heterocycles. The van der Waals surface area contributed by atoms with Crippen LogP contribution in [0.5, 0.6) is 11.5 Å². The topological polar surface area (TPSA) is 79.1 Å². The summed E-state index contributed by atoms with van der Waals surface area (Å²) in [5.41, 5.74) is 3.14. The number of fused-ring (bicyclic) bond motifs is 1. The van der Waals surface area contributed by atoms with Gasteiger partial charge in [0.2, 0.25) is 0 Å². The zero-order valence-electron chi connectivity index (χ0n) is 20.0. The SMILES string of the molecule is CCOC(=O)C1=C(C)N=c2s/c(=C/c3ccc(OC)c(Br)c3)c(=O)n2[C@@H]1c1ccc(C)c(OC)c1. The summed E-state index contributed by atoms with van der Waals surface area (Å²) >= 11 is 4.77. The number of nitrogens with zero attached hydrogens (tertiary/aromatic N) is 2. The molecular weight excluding hydrogens is 532 g/mol. The van der Waals surface area contributed by atoms with Crippen molar-refractivity contribution in [2.75, 3.05) is 20.8 Å². The number of thiazole rings is 1. The van der Waals surface area contributed by atoms with Gasteiger partial charge in [0.15, 0.2) is 4.80 Å².